The summed E-state index contributed by atoms with van der Waals surface area (Å²) in [6, 6.07) is 56.2. The van der Waals surface area contributed by atoms with Crippen LogP contribution in [0.5, 0.6) is 0 Å². The Morgan fingerprint density at radius 2 is 1.04 bits per heavy atom. The van der Waals surface area contributed by atoms with Crippen LogP contribution in [0, 0.1) is 0 Å². The minimum Gasteiger partial charge on any atom is -0.316 e. The third-order valence-electron chi connectivity index (χ3n) is 9.53. The summed E-state index contributed by atoms with van der Waals surface area (Å²) in [4.78, 5) is 5.17. The van der Waals surface area contributed by atoms with Gasteiger partial charge in [-0.05, 0) is 66.2 Å². The molecule has 4 aromatic heterocycles. The highest BCUT2D eigenvalue weighted by atomic mass is 15.1. The van der Waals surface area contributed by atoms with Crippen molar-refractivity contribution in [2.24, 2.45) is 0 Å². The first-order valence-corrected chi connectivity index (χ1v) is 16.0. The molecule has 0 aliphatic heterocycles. The number of fused-ring (bicyclic) bond motifs is 9. The van der Waals surface area contributed by atoms with Gasteiger partial charge in [-0.15, -0.1) is 0 Å². The minimum absolute atomic E-state index is 0.897. The minimum atomic E-state index is 0.897. The molecule has 47 heavy (non-hydrogen) atoms. The highest BCUT2D eigenvalue weighted by Crippen LogP contribution is 2.44. The highest BCUT2D eigenvalue weighted by molar-refractivity contribution is 6.28. The van der Waals surface area contributed by atoms with Gasteiger partial charge in [-0.25, -0.2) is 4.98 Å². The van der Waals surface area contributed by atoms with Gasteiger partial charge in [0.1, 0.15) is 5.82 Å². The molecule has 0 fully saturated rings. The summed E-state index contributed by atoms with van der Waals surface area (Å²) in [7, 11) is 0. The summed E-state index contributed by atoms with van der Waals surface area (Å²) in [6.07, 6.45) is 4.19. The Hall–Kier alpha value is -6.39. The van der Waals surface area contributed by atoms with Gasteiger partial charge < -0.3 is 9.13 Å². The van der Waals surface area contributed by atoms with Crippen LogP contribution in [-0.4, -0.2) is 18.7 Å². The number of pyridine rings is 1. The van der Waals surface area contributed by atoms with E-state index in [2.05, 4.69) is 172 Å². The van der Waals surface area contributed by atoms with Crippen LogP contribution in [0.15, 0.2) is 170 Å². The Labute approximate surface area is 271 Å². The van der Waals surface area contributed by atoms with Crippen molar-refractivity contribution < 1.29 is 0 Å². The number of rotatable bonds is 4. The van der Waals surface area contributed by atoms with E-state index in [0.717, 1.165) is 39.4 Å². The molecule has 4 nitrogen and oxygen atoms in total. The van der Waals surface area contributed by atoms with Crippen molar-refractivity contribution in [2.45, 2.75) is 0 Å². The molecule has 0 spiro atoms. The predicted molar refractivity (Wildman–Crippen MR) is 195 cm³/mol. The summed E-state index contributed by atoms with van der Waals surface area (Å²) in [6.45, 7) is 0. The molecule has 0 N–H and O–H groups in total. The van der Waals surface area contributed by atoms with Crippen LogP contribution >= 0.6 is 0 Å². The van der Waals surface area contributed by atoms with E-state index < -0.39 is 0 Å². The molecule has 0 bridgehead atoms. The first kappa shape index (κ1) is 25.9. The van der Waals surface area contributed by atoms with Crippen LogP contribution < -0.4 is 0 Å². The van der Waals surface area contributed by atoms with Crippen molar-refractivity contribution in [2.75, 3.05) is 0 Å². The Kier molecular flexibility index (Phi) is 5.54. The average Bonchev–Trinajstić information content (AvgIpc) is 3.83. The van der Waals surface area contributed by atoms with Gasteiger partial charge >= 0.3 is 0 Å². The van der Waals surface area contributed by atoms with Crippen LogP contribution in [0.4, 0.5) is 0 Å². The molecule has 10 aromatic rings. The monoisotopic (exact) mass is 600 g/mol. The van der Waals surface area contributed by atoms with E-state index in [0.29, 0.717) is 0 Å². The number of hydrogen-bond acceptors (Lipinski definition) is 1. The van der Waals surface area contributed by atoms with Crippen molar-refractivity contribution >= 4 is 54.5 Å². The molecular formula is C43H28N4. The Bertz CT molecular complexity index is 2750. The van der Waals surface area contributed by atoms with Gasteiger partial charge in [0.05, 0.1) is 27.6 Å². The molecular weight excluding hydrogens is 573 g/mol. The number of para-hydroxylation sites is 3. The molecule has 0 saturated heterocycles. The first-order chi connectivity index (χ1) is 23.3. The first-order valence-electron chi connectivity index (χ1n) is 16.0. The van der Waals surface area contributed by atoms with E-state index in [4.69, 9.17) is 4.98 Å². The van der Waals surface area contributed by atoms with Gasteiger partial charge in [0.2, 0.25) is 0 Å². The molecule has 4 heterocycles. The van der Waals surface area contributed by atoms with Crippen LogP contribution in [0.25, 0.3) is 82.8 Å². The molecule has 4 heteroatoms. The van der Waals surface area contributed by atoms with Gasteiger partial charge in [0, 0.05) is 56.3 Å². The van der Waals surface area contributed by atoms with Crippen LogP contribution in [0.1, 0.15) is 0 Å². The van der Waals surface area contributed by atoms with Crippen molar-refractivity contribution in [3.63, 3.8) is 0 Å². The lowest BCUT2D eigenvalue weighted by molar-refractivity contribution is 1.09. The maximum Gasteiger partial charge on any atom is 0.137 e. The van der Waals surface area contributed by atoms with Gasteiger partial charge in [-0.3, -0.25) is 4.57 Å². The van der Waals surface area contributed by atoms with Crippen LogP contribution in [0.3, 0.4) is 0 Å². The zero-order valence-corrected chi connectivity index (χ0v) is 25.5. The van der Waals surface area contributed by atoms with E-state index in [1.807, 2.05) is 12.3 Å². The fourth-order valence-electron chi connectivity index (χ4n) is 7.48. The highest BCUT2D eigenvalue weighted by Gasteiger charge is 2.23. The van der Waals surface area contributed by atoms with E-state index >= 15 is 0 Å². The van der Waals surface area contributed by atoms with E-state index in [1.165, 1.54) is 43.5 Å². The van der Waals surface area contributed by atoms with Gasteiger partial charge in [0.15, 0.2) is 0 Å². The van der Waals surface area contributed by atoms with Gasteiger partial charge in [-0.2, -0.15) is 0 Å². The molecule has 0 amide bonds. The Morgan fingerprint density at radius 3 is 1.79 bits per heavy atom. The third-order valence-corrected chi connectivity index (χ3v) is 9.53. The number of benzene rings is 6. The quantitative estimate of drug-likeness (QED) is 0.197. The fourth-order valence-corrected chi connectivity index (χ4v) is 7.48. The molecule has 0 aliphatic rings. The fraction of sp³-hybridized carbons (Fsp3) is 0. The zero-order valence-electron chi connectivity index (χ0n) is 25.5. The second kappa shape index (κ2) is 10.1. The standard InChI is InChI=1S/C43H28N4/c1-4-12-29(13-5-1)30-20-25-40(44-28-30)47-42-33(21-23-37-36(42)26-27-45(37)31-14-6-2-7-15-31)34-22-24-39-41(43(34)47)35-18-10-11-19-38(35)46(39)32-16-8-3-9-17-32/h1-28H. The van der Waals surface area contributed by atoms with Crippen molar-refractivity contribution in [3.8, 4) is 28.3 Å². The second-order valence-electron chi connectivity index (χ2n) is 12.1. The van der Waals surface area contributed by atoms with E-state index in [1.54, 1.807) is 0 Å². The molecule has 220 valence electrons. The molecule has 10 rings (SSSR count). The Balaban J connectivity index is 1.36. The number of aromatic nitrogens is 4. The summed E-state index contributed by atoms with van der Waals surface area (Å²) in [5.41, 5.74) is 10.4. The lowest BCUT2D eigenvalue weighted by atomic mass is 10.1. The van der Waals surface area contributed by atoms with Crippen molar-refractivity contribution in [1.29, 1.82) is 0 Å². The smallest absolute Gasteiger partial charge is 0.137 e. The van der Waals surface area contributed by atoms with E-state index in [9.17, 15) is 0 Å². The number of hydrogen-bond donors (Lipinski definition) is 0. The lowest BCUT2D eigenvalue weighted by Crippen LogP contribution is -1.99. The van der Waals surface area contributed by atoms with Crippen molar-refractivity contribution in [3.05, 3.63) is 170 Å². The SMILES string of the molecule is c1ccc(-c2ccc(-n3c4c(ccc5c4ccn5-c4ccccc4)c4ccc5c(c6ccccc6n5-c5ccccc5)c43)nc2)cc1. The summed E-state index contributed by atoms with van der Waals surface area (Å²) >= 11 is 0. The zero-order chi connectivity index (χ0) is 30.9. The lowest BCUT2D eigenvalue weighted by Gasteiger charge is -2.11. The van der Waals surface area contributed by atoms with Gasteiger partial charge in [-0.1, -0.05) is 97.1 Å². The molecule has 6 aromatic carbocycles. The summed E-state index contributed by atoms with van der Waals surface area (Å²) < 4.78 is 7.07. The normalized spacial score (nSPS) is 11.8. The third kappa shape index (κ3) is 3.79. The summed E-state index contributed by atoms with van der Waals surface area (Å²) in [5, 5.41) is 6.07. The molecule has 0 unspecified atom stereocenters. The molecule has 0 radical (unpaired) electrons. The maximum absolute atomic E-state index is 5.17. The second-order valence-corrected chi connectivity index (χ2v) is 12.1. The van der Waals surface area contributed by atoms with Crippen LogP contribution in [-0.2, 0) is 0 Å². The predicted octanol–water partition coefficient (Wildman–Crippen LogP) is 10.9. The van der Waals surface area contributed by atoms with E-state index in [-0.39, 0.29) is 0 Å². The average molecular weight is 601 g/mol. The van der Waals surface area contributed by atoms with Crippen molar-refractivity contribution in [1.82, 2.24) is 18.7 Å². The van der Waals surface area contributed by atoms with Gasteiger partial charge in [0.25, 0.3) is 0 Å². The topological polar surface area (TPSA) is 27.7 Å². The van der Waals surface area contributed by atoms with Crippen LogP contribution in [0.2, 0.25) is 0 Å². The summed E-state index contributed by atoms with van der Waals surface area (Å²) in [5.74, 6) is 0.897. The molecule has 0 saturated carbocycles. The molecule has 0 atom stereocenters. The number of nitrogens with zero attached hydrogens (tertiary/aromatic N) is 4. The largest absolute Gasteiger partial charge is 0.316 e. The molecule has 0 aliphatic carbocycles. The maximum atomic E-state index is 5.17. The Morgan fingerprint density at radius 1 is 0.383 bits per heavy atom.